The van der Waals surface area contributed by atoms with Crippen LogP contribution in [-0.4, -0.2) is 39.3 Å². The highest BCUT2D eigenvalue weighted by Gasteiger charge is 2.13. The van der Waals surface area contributed by atoms with Gasteiger partial charge in [0.05, 0.1) is 18.6 Å². The van der Waals surface area contributed by atoms with E-state index in [9.17, 15) is 4.79 Å². The summed E-state index contributed by atoms with van der Waals surface area (Å²) < 4.78 is 1.61. The summed E-state index contributed by atoms with van der Waals surface area (Å²) >= 11 is 0. The highest BCUT2D eigenvalue weighted by molar-refractivity contribution is 5.92. The summed E-state index contributed by atoms with van der Waals surface area (Å²) in [6, 6.07) is -0.456. The first-order valence-corrected chi connectivity index (χ1v) is 4.70. The van der Waals surface area contributed by atoms with Crippen molar-refractivity contribution in [3.05, 3.63) is 18.2 Å². The maximum absolute atomic E-state index is 11.5. The molecular weight excluding hydrogens is 196 g/mol. The largest absolute Gasteiger partial charge is 0.392 e. The minimum Gasteiger partial charge on any atom is -0.392 e. The third kappa shape index (κ3) is 3.03. The first kappa shape index (κ1) is 11.7. The van der Waals surface area contributed by atoms with E-state index in [1.165, 1.54) is 6.20 Å². The number of hydrogen-bond donors (Lipinski definition) is 3. The second kappa shape index (κ2) is 4.90. The van der Waals surface area contributed by atoms with Gasteiger partial charge in [0.15, 0.2) is 0 Å². The Morgan fingerprint density at radius 1 is 1.80 bits per heavy atom. The van der Waals surface area contributed by atoms with Gasteiger partial charge in [0.2, 0.25) is 0 Å². The van der Waals surface area contributed by atoms with E-state index < -0.39 is 12.1 Å². The van der Waals surface area contributed by atoms with Gasteiger partial charge < -0.3 is 20.7 Å². The van der Waals surface area contributed by atoms with E-state index >= 15 is 0 Å². The lowest BCUT2D eigenvalue weighted by atomic mass is 10.2. The molecule has 1 heterocycles. The van der Waals surface area contributed by atoms with Crippen molar-refractivity contribution in [2.75, 3.05) is 6.54 Å². The van der Waals surface area contributed by atoms with E-state index in [1.807, 2.05) is 0 Å². The molecule has 15 heavy (non-hydrogen) atoms. The van der Waals surface area contributed by atoms with Crippen LogP contribution in [0.2, 0.25) is 0 Å². The van der Waals surface area contributed by atoms with Crippen LogP contribution in [0.1, 0.15) is 17.4 Å². The van der Waals surface area contributed by atoms with Gasteiger partial charge in [-0.05, 0) is 6.92 Å². The second-order valence-corrected chi connectivity index (χ2v) is 3.50. The summed E-state index contributed by atoms with van der Waals surface area (Å²) in [7, 11) is 1.73. The van der Waals surface area contributed by atoms with Gasteiger partial charge in [-0.1, -0.05) is 0 Å². The maximum atomic E-state index is 11.5. The molecule has 0 spiro atoms. The predicted molar refractivity (Wildman–Crippen MR) is 55.2 cm³/mol. The summed E-state index contributed by atoms with van der Waals surface area (Å²) in [4.78, 5) is 15.4. The lowest BCUT2D eigenvalue weighted by Crippen LogP contribution is -2.43. The number of nitrogens with one attached hydrogen (secondary N) is 1. The first-order chi connectivity index (χ1) is 7.02. The van der Waals surface area contributed by atoms with Crippen molar-refractivity contribution in [3.63, 3.8) is 0 Å². The van der Waals surface area contributed by atoms with Crippen molar-refractivity contribution in [1.82, 2.24) is 14.9 Å². The van der Waals surface area contributed by atoms with Crippen LogP contribution >= 0.6 is 0 Å². The number of nitrogens with two attached hydrogens (primary N) is 1. The topological polar surface area (TPSA) is 93.2 Å². The van der Waals surface area contributed by atoms with Crippen LogP contribution in [0, 0.1) is 0 Å². The quantitative estimate of drug-likeness (QED) is 0.588. The van der Waals surface area contributed by atoms with Crippen molar-refractivity contribution in [2.24, 2.45) is 12.8 Å². The molecule has 1 amide bonds. The van der Waals surface area contributed by atoms with Crippen LogP contribution < -0.4 is 11.1 Å². The normalized spacial score (nSPS) is 14.7. The fraction of sp³-hybridized carbons (Fsp3) is 0.556. The standard InChI is InChI=1S/C9H16N4O2/c1-6(14)7(10)3-12-9(15)8-4-11-5-13(8)2/h4-7,14H,3,10H2,1-2H3,(H,12,15). The molecule has 6 heteroatoms. The molecule has 1 aromatic rings. The molecule has 1 rings (SSSR count). The predicted octanol–water partition coefficient (Wildman–Crippen LogP) is -1.14. The van der Waals surface area contributed by atoms with Crippen LogP contribution in [-0.2, 0) is 7.05 Å². The zero-order chi connectivity index (χ0) is 11.4. The van der Waals surface area contributed by atoms with Crippen molar-refractivity contribution in [1.29, 1.82) is 0 Å². The zero-order valence-electron chi connectivity index (χ0n) is 8.84. The van der Waals surface area contributed by atoms with Crippen LogP contribution in [0.4, 0.5) is 0 Å². The van der Waals surface area contributed by atoms with Crippen molar-refractivity contribution >= 4 is 5.91 Å². The average molecular weight is 212 g/mol. The van der Waals surface area contributed by atoms with E-state index in [0.717, 1.165) is 0 Å². The number of aryl methyl sites for hydroxylation is 1. The number of aliphatic hydroxyl groups excluding tert-OH is 1. The van der Waals surface area contributed by atoms with Crippen LogP contribution in [0.15, 0.2) is 12.5 Å². The zero-order valence-corrected chi connectivity index (χ0v) is 8.84. The Bertz CT molecular complexity index is 335. The molecule has 1 aromatic heterocycles. The fourth-order valence-electron chi connectivity index (χ4n) is 1.05. The molecule has 0 aliphatic carbocycles. The summed E-state index contributed by atoms with van der Waals surface area (Å²) in [5, 5.41) is 11.7. The lowest BCUT2D eigenvalue weighted by molar-refractivity contribution is 0.0929. The Hall–Kier alpha value is -1.40. The molecule has 2 atom stereocenters. The monoisotopic (exact) mass is 212 g/mol. The number of aromatic nitrogens is 2. The number of carbonyl (C=O) groups excluding carboxylic acids is 1. The number of hydrogen-bond acceptors (Lipinski definition) is 4. The third-order valence-electron chi connectivity index (χ3n) is 2.17. The highest BCUT2D eigenvalue weighted by Crippen LogP contribution is 1.96. The Kier molecular flexibility index (Phi) is 3.81. The summed E-state index contributed by atoms with van der Waals surface area (Å²) in [5.74, 6) is -0.244. The SMILES string of the molecule is CC(O)C(N)CNC(=O)c1cncn1C. The highest BCUT2D eigenvalue weighted by atomic mass is 16.3. The van der Waals surface area contributed by atoms with E-state index in [-0.39, 0.29) is 12.5 Å². The Balaban J connectivity index is 2.47. The smallest absolute Gasteiger partial charge is 0.269 e. The van der Waals surface area contributed by atoms with E-state index in [4.69, 9.17) is 10.8 Å². The van der Waals surface area contributed by atoms with Crippen molar-refractivity contribution in [3.8, 4) is 0 Å². The van der Waals surface area contributed by atoms with E-state index in [0.29, 0.717) is 5.69 Å². The minimum atomic E-state index is -0.642. The van der Waals surface area contributed by atoms with Gasteiger partial charge in [0, 0.05) is 19.6 Å². The Labute approximate surface area is 88.1 Å². The average Bonchev–Trinajstić information content (AvgIpc) is 2.60. The number of amides is 1. The van der Waals surface area contributed by atoms with Gasteiger partial charge in [0.1, 0.15) is 5.69 Å². The van der Waals surface area contributed by atoms with Gasteiger partial charge in [-0.25, -0.2) is 4.98 Å². The van der Waals surface area contributed by atoms with Crippen molar-refractivity contribution < 1.29 is 9.90 Å². The second-order valence-electron chi connectivity index (χ2n) is 3.50. The minimum absolute atomic E-state index is 0.238. The molecule has 0 radical (unpaired) electrons. The first-order valence-electron chi connectivity index (χ1n) is 4.70. The number of aliphatic hydroxyl groups is 1. The fourth-order valence-corrected chi connectivity index (χ4v) is 1.05. The molecule has 0 aliphatic heterocycles. The van der Waals surface area contributed by atoms with Crippen LogP contribution in [0.3, 0.4) is 0 Å². The van der Waals surface area contributed by atoms with E-state index in [1.54, 1.807) is 24.9 Å². The molecule has 0 aliphatic rings. The molecule has 0 bridgehead atoms. The molecule has 0 saturated heterocycles. The lowest BCUT2D eigenvalue weighted by Gasteiger charge is -2.15. The molecule has 0 saturated carbocycles. The molecule has 2 unspecified atom stereocenters. The van der Waals surface area contributed by atoms with Crippen molar-refractivity contribution in [2.45, 2.75) is 19.1 Å². The third-order valence-corrected chi connectivity index (χ3v) is 2.17. The Morgan fingerprint density at radius 3 is 2.93 bits per heavy atom. The maximum Gasteiger partial charge on any atom is 0.269 e. The van der Waals surface area contributed by atoms with Gasteiger partial charge in [-0.3, -0.25) is 4.79 Å². The van der Waals surface area contributed by atoms with Gasteiger partial charge >= 0.3 is 0 Å². The molecule has 0 fully saturated rings. The van der Waals surface area contributed by atoms with Crippen LogP contribution in [0.25, 0.3) is 0 Å². The molecule has 0 aromatic carbocycles. The summed E-state index contributed by atoms with van der Waals surface area (Å²) in [6.07, 6.45) is 2.38. The van der Waals surface area contributed by atoms with Gasteiger partial charge in [-0.15, -0.1) is 0 Å². The number of rotatable bonds is 4. The van der Waals surface area contributed by atoms with Crippen LogP contribution in [0.5, 0.6) is 0 Å². The number of imidazole rings is 1. The van der Waals surface area contributed by atoms with E-state index in [2.05, 4.69) is 10.3 Å². The number of nitrogens with zero attached hydrogens (tertiary/aromatic N) is 2. The Morgan fingerprint density at radius 2 is 2.47 bits per heavy atom. The van der Waals surface area contributed by atoms with Gasteiger partial charge in [0.25, 0.3) is 5.91 Å². The molecule has 4 N–H and O–H groups in total. The van der Waals surface area contributed by atoms with Gasteiger partial charge in [-0.2, -0.15) is 0 Å². The summed E-state index contributed by atoms with van der Waals surface area (Å²) in [6.45, 7) is 1.82. The molecule has 84 valence electrons. The number of carbonyl (C=O) groups is 1. The molecule has 6 nitrogen and oxygen atoms in total. The molecular formula is C9H16N4O2. The summed E-state index contributed by atoms with van der Waals surface area (Å²) in [5.41, 5.74) is 6.03.